The standard InChI is InChI=1S/C23H23Cl2NO4/c1-15-22(23(28)30-11-10-29-2)19(18-8-3-4-9-20(18)25)13-21(27)26(15)14-16-6-5-7-17(24)12-16/h3-9,12,19H,10-11,13-14H2,1-2H3. The Morgan fingerprint density at radius 1 is 1.13 bits per heavy atom. The van der Waals surface area contributed by atoms with Crippen molar-refractivity contribution in [3.8, 4) is 0 Å². The minimum atomic E-state index is -0.475. The van der Waals surface area contributed by atoms with Crippen molar-refractivity contribution in [2.45, 2.75) is 25.8 Å². The van der Waals surface area contributed by atoms with Crippen LogP contribution in [0, 0.1) is 0 Å². The first kappa shape index (κ1) is 22.3. The molecule has 2 aromatic rings. The predicted molar refractivity (Wildman–Crippen MR) is 116 cm³/mol. The molecule has 0 fully saturated rings. The van der Waals surface area contributed by atoms with Crippen LogP contribution in [-0.2, 0) is 25.6 Å². The van der Waals surface area contributed by atoms with E-state index in [1.807, 2.05) is 30.3 Å². The lowest BCUT2D eigenvalue weighted by atomic mass is 9.83. The van der Waals surface area contributed by atoms with E-state index < -0.39 is 11.9 Å². The maximum Gasteiger partial charge on any atom is 0.336 e. The molecule has 1 amide bonds. The number of amides is 1. The molecular formula is C23H23Cl2NO4. The fourth-order valence-electron chi connectivity index (χ4n) is 3.60. The van der Waals surface area contributed by atoms with Crippen molar-refractivity contribution in [3.63, 3.8) is 0 Å². The Kier molecular flexibility index (Phi) is 7.53. The van der Waals surface area contributed by atoms with E-state index in [1.165, 1.54) is 7.11 Å². The van der Waals surface area contributed by atoms with E-state index in [2.05, 4.69) is 0 Å². The molecule has 3 rings (SSSR count). The molecule has 0 aliphatic carbocycles. The molecule has 0 bridgehead atoms. The van der Waals surface area contributed by atoms with E-state index in [1.54, 1.807) is 30.0 Å². The predicted octanol–water partition coefficient (Wildman–Crippen LogP) is 4.97. The van der Waals surface area contributed by atoms with E-state index in [0.29, 0.717) is 34.5 Å². The molecule has 1 heterocycles. The third-order valence-corrected chi connectivity index (χ3v) is 5.65. The third kappa shape index (κ3) is 5.04. The summed E-state index contributed by atoms with van der Waals surface area (Å²) in [6, 6.07) is 14.5. The first-order valence-corrected chi connectivity index (χ1v) is 10.3. The minimum Gasteiger partial charge on any atom is -0.460 e. The number of hydrogen-bond acceptors (Lipinski definition) is 4. The van der Waals surface area contributed by atoms with Crippen molar-refractivity contribution in [3.05, 3.63) is 81.0 Å². The number of carbonyl (C=O) groups excluding carboxylic acids is 2. The maximum absolute atomic E-state index is 13.1. The molecule has 1 aliphatic heterocycles. The minimum absolute atomic E-state index is 0.0918. The highest BCUT2D eigenvalue weighted by Gasteiger charge is 2.37. The summed E-state index contributed by atoms with van der Waals surface area (Å²) in [5, 5.41) is 1.10. The normalized spacial score (nSPS) is 16.7. The Labute approximate surface area is 186 Å². The van der Waals surface area contributed by atoms with Gasteiger partial charge in [0.1, 0.15) is 6.61 Å². The van der Waals surface area contributed by atoms with Gasteiger partial charge < -0.3 is 14.4 Å². The van der Waals surface area contributed by atoms with Gasteiger partial charge in [-0.3, -0.25) is 4.79 Å². The van der Waals surface area contributed by atoms with Gasteiger partial charge in [0.15, 0.2) is 0 Å². The molecule has 5 nitrogen and oxygen atoms in total. The van der Waals surface area contributed by atoms with E-state index in [-0.39, 0.29) is 18.9 Å². The van der Waals surface area contributed by atoms with Gasteiger partial charge in [-0.1, -0.05) is 53.5 Å². The van der Waals surface area contributed by atoms with Crippen molar-refractivity contribution in [2.75, 3.05) is 20.3 Å². The number of benzene rings is 2. The van der Waals surface area contributed by atoms with E-state index in [4.69, 9.17) is 32.7 Å². The zero-order valence-corrected chi connectivity index (χ0v) is 18.4. The first-order valence-electron chi connectivity index (χ1n) is 9.58. The summed E-state index contributed by atoms with van der Waals surface area (Å²) in [7, 11) is 1.54. The van der Waals surface area contributed by atoms with Crippen molar-refractivity contribution < 1.29 is 19.1 Å². The zero-order chi connectivity index (χ0) is 21.7. The molecule has 0 saturated heterocycles. The van der Waals surface area contributed by atoms with Gasteiger partial charge >= 0.3 is 5.97 Å². The number of esters is 1. The second-order valence-corrected chi connectivity index (χ2v) is 7.86. The van der Waals surface area contributed by atoms with Crippen LogP contribution in [0.25, 0.3) is 0 Å². The second-order valence-electron chi connectivity index (χ2n) is 7.02. The molecule has 0 spiro atoms. The largest absolute Gasteiger partial charge is 0.460 e. The zero-order valence-electron chi connectivity index (χ0n) is 16.9. The van der Waals surface area contributed by atoms with Crippen LogP contribution in [-0.4, -0.2) is 37.1 Å². The van der Waals surface area contributed by atoms with E-state index in [0.717, 1.165) is 11.1 Å². The topological polar surface area (TPSA) is 55.8 Å². The maximum atomic E-state index is 13.1. The quantitative estimate of drug-likeness (QED) is 0.443. The van der Waals surface area contributed by atoms with Crippen molar-refractivity contribution in [1.29, 1.82) is 0 Å². The molecule has 0 N–H and O–H groups in total. The number of ether oxygens (including phenoxy) is 2. The van der Waals surface area contributed by atoms with Crippen molar-refractivity contribution in [1.82, 2.24) is 4.90 Å². The van der Waals surface area contributed by atoms with Crippen LogP contribution in [0.1, 0.15) is 30.4 Å². The number of halogens is 2. The van der Waals surface area contributed by atoms with Gasteiger partial charge in [0.2, 0.25) is 5.91 Å². The summed E-state index contributed by atoms with van der Waals surface area (Å²) in [6.45, 7) is 2.50. The van der Waals surface area contributed by atoms with Crippen molar-refractivity contribution >= 4 is 35.1 Å². The third-order valence-electron chi connectivity index (χ3n) is 5.07. The molecule has 0 radical (unpaired) electrons. The molecule has 1 aliphatic rings. The van der Waals surface area contributed by atoms with Crippen LogP contribution in [0.4, 0.5) is 0 Å². The Hall–Kier alpha value is -2.34. The number of hydrogen-bond donors (Lipinski definition) is 0. The number of methoxy groups -OCH3 is 1. The van der Waals surface area contributed by atoms with Crippen LogP contribution in [0.15, 0.2) is 59.8 Å². The SMILES string of the molecule is COCCOC(=O)C1=C(C)N(Cc2cccc(Cl)c2)C(=O)CC1c1ccccc1Cl. The average molecular weight is 448 g/mol. The molecule has 1 unspecified atom stereocenters. The molecule has 158 valence electrons. The summed E-state index contributed by atoms with van der Waals surface area (Å²) in [4.78, 5) is 27.7. The van der Waals surface area contributed by atoms with Gasteiger partial charge in [-0.15, -0.1) is 0 Å². The van der Waals surface area contributed by atoms with Gasteiger partial charge in [-0.05, 0) is 36.2 Å². The molecule has 0 saturated carbocycles. The van der Waals surface area contributed by atoms with Crippen molar-refractivity contribution in [2.24, 2.45) is 0 Å². The van der Waals surface area contributed by atoms with Gasteiger partial charge in [-0.25, -0.2) is 4.79 Å². The van der Waals surface area contributed by atoms with Gasteiger partial charge in [-0.2, -0.15) is 0 Å². The number of rotatable bonds is 7. The first-order chi connectivity index (χ1) is 14.4. The summed E-state index contributed by atoms with van der Waals surface area (Å²) in [6.07, 6.45) is 0.121. The van der Waals surface area contributed by atoms with Gasteiger partial charge in [0, 0.05) is 35.2 Å². The van der Waals surface area contributed by atoms with E-state index in [9.17, 15) is 9.59 Å². The fraction of sp³-hybridized carbons (Fsp3) is 0.304. The highest BCUT2D eigenvalue weighted by molar-refractivity contribution is 6.31. The monoisotopic (exact) mass is 447 g/mol. The summed E-state index contributed by atoms with van der Waals surface area (Å²) in [5.74, 6) is -1.04. The molecule has 1 atom stereocenters. The van der Waals surface area contributed by atoms with Crippen LogP contribution >= 0.6 is 23.2 Å². The molecule has 7 heteroatoms. The van der Waals surface area contributed by atoms with Crippen LogP contribution in [0.5, 0.6) is 0 Å². The number of nitrogens with zero attached hydrogens (tertiary/aromatic N) is 1. The van der Waals surface area contributed by atoms with Crippen LogP contribution in [0.3, 0.4) is 0 Å². The summed E-state index contributed by atoms with van der Waals surface area (Å²) >= 11 is 12.5. The van der Waals surface area contributed by atoms with Crippen LogP contribution in [0.2, 0.25) is 10.0 Å². The Morgan fingerprint density at radius 3 is 2.60 bits per heavy atom. The highest BCUT2D eigenvalue weighted by atomic mass is 35.5. The second kappa shape index (κ2) is 10.1. The average Bonchev–Trinajstić information content (AvgIpc) is 2.71. The summed E-state index contributed by atoms with van der Waals surface area (Å²) in [5.41, 5.74) is 2.59. The van der Waals surface area contributed by atoms with Gasteiger partial charge in [0.05, 0.1) is 18.7 Å². The lowest BCUT2D eigenvalue weighted by Crippen LogP contribution is -2.38. The fourth-order valence-corrected chi connectivity index (χ4v) is 4.09. The summed E-state index contributed by atoms with van der Waals surface area (Å²) < 4.78 is 10.4. The smallest absolute Gasteiger partial charge is 0.336 e. The lowest BCUT2D eigenvalue weighted by molar-refractivity contribution is -0.141. The van der Waals surface area contributed by atoms with Crippen LogP contribution < -0.4 is 0 Å². The van der Waals surface area contributed by atoms with E-state index >= 15 is 0 Å². The Morgan fingerprint density at radius 2 is 1.90 bits per heavy atom. The number of carbonyl (C=O) groups is 2. The number of allylic oxidation sites excluding steroid dienone is 1. The molecule has 0 aromatic heterocycles. The van der Waals surface area contributed by atoms with Gasteiger partial charge in [0.25, 0.3) is 0 Å². The highest BCUT2D eigenvalue weighted by Crippen LogP contribution is 2.40. The Bertz CT molecular complexity index is 973. The molecule has 30 heavy (non-hydrogen) atoms. The molecule has 2 aromatic carbocycles. The molecular weight excluding hydrogens is 425 g/mol. The Balaban J connectivity index is 2.01. The lowest BCUT2D eigenvalue weighted by Gasteiger charge is -2.35.